The van der Waals surface area contributed by atoms with Crippen LogP contribution in [0.3, 0.4) is 0 Å². The number of hydrogen-bond acceptors (Lipinski definition) is 1. The maximum atomic E-state index is 8.75. The maximum Gasteiger partial charge on any atom is 0.190 e. The lowest BCUT2D eigenvalue weighted by Gasteiger charge is -2.22. The predicted molar refractivity (Wildman–Crippen MR) is 108 cm³/mol. The first-order chi connectivity index (χ1) is 16.7. The van der Waals surface area contributed by atoms with Crippen molar-refractivity contribution in [1.29, 1.82) is 0 Å². The van der Waals surface area contributed by atoms with Crippen LogP contribution in [0, 0.1) is 13.4 Å². The second kappa shape index (κ2) is 7.17. The number of hydrogen-bond donors (Lipinski definition) is 0. The Kier molecular flexibility index (Phi) is 2.40. The molecular formula is C23H25N3. The minimum absolute atomic E-state index is 0.00140. The monoisotopic (exact) mass is 354 g/mol. The van der Waals surface area contributed by atoms with E-state index in [1.54, 1.807) is 0 Å². The third kappa shape index (κ3) is 3.15. The van der Waals surface area contributed by atoms with Crippen molar-refractivity contribution in [3.8, 4) is 17.1 Å². The second-order valence-corrected chi connectivity index (χ2v) is 5.92. The Morgan fingerprint density at radius 2 is 1.88 bits per heavy atom. The minimum atomic E-state index is -2.81. The summed E-state index contributed by atoms with van der Waals surface area (Å²) in [4.78, 5) is 7.65. The number of imidazole rings is 1. The molecule has 3 rings (SSSR count). The number of rotatable bonds is 4. The van der Waals surface area contributed by atoms with Crippen molar-refractivity contribution < 1.29 is 15.1 Å². The summed E-state index contributed by atoms with van der Waals surface area (Å²) in [5, 5.41) is 0. The lowest BCUT2D eigenvalue weighted by Crippen LogP contribution is -2.07. The van der Waals surface area contributed by atoms with Crippen LogP contribution in [-0.2, 0) is 0 Å². The number of aromatic nitrogens is 2. The van der Waals surface area contributed by atoms with E-state index < -0.39 is 32.3 Å². The highest BCUT2D eigenvalue weighted by atomic mass is 15.1. The lowest BCUT2D eigenvalue weighted by atomic mass is 9.92. The van der Waals surface area contributed by atoms with Gasteiger partial charge in [-0.25, -0.2) is 9.83 Å². The molecule has 3 heteroatoms. The van der Waals surface area contributed by atoms with Crippen molar-refractivity contribution in [2.45, 2.75) is 46.2 Å². The van der Waals surface area contributed by atoms with Crippen LogP contribution in [-0.4, -0.2) is 9.55 Å². The topological polar surface area (TPSA) is 22.2 Å². The van der Waals surface area contributed by atoms with Crippen molar-refractivity contribution >= 4 is 5.69 Å². The Balaban J connectivity index is 2.42. The normalized spacial score (nSPS) is 23.3. The molecule has 0 aliphatic rings. The van der Waals surface area contributed by atoms with E-state index in [0.29, 0.717) is 5.56 Å². The molecule has 0 radical (unpaired) electrons. The van der Waals surface area contributed by atoms with Gasteiger partial charge in [0.1, 0.15) is 5.82 Å². The van der Waals surface area contributed by atoms with Crippen molar-refractivity contribution in [2.24, 2.45) is 0 Å². The molecule has 1 heterocycles. The molecule has 0 amide bonds. The predicted octanol–water partition coefficient (Wildman–Crippen LogP) is 6.65. The van der Waals surface area contributed by atoms with Gasteiger partial charge in [-0.15, -0.1) is 0 Å². The maximum absolute atomic E-state index is 8.75. The highest BCUT2D eigenvalue weighted by molar-refractivity contribution is 5.68. The number of nitrogens with zero attached hydrogens (tertiary/aromatic N) is 3. The molecule has 0 spiro atoms. The third-order valence-corrected chi connectivity index (χ3v) is 4.10. The average molecular weight is 355 g/mol. The fourth-order valence-electron chi connectivity index (χ4n) is 2.87. The van der Waals surface area contributed by atoms with Gasteiger partial charge in [-0.1, -0.05) is 57.9 Å². The quantitative estimate of drug-likeness (QED) is 0.481. The molecule has 1 aromatic heterocycles. The summed E-state index contributed by atoms with van der Waals surface area (Å²) in [7, 11) is 0. The van der Waals surface area contributed by atoms with E-state index in [1.165, 1.54) is 67.2 Å². The van der Waals surface area contributed by atoms with E-state index in [4.69, 9.17) is 21.7 Å². The summed E-state index contributed by atoms with van der Waals surface area (Å²) in [5.74, 6) is -4.24. The first kappa shape index (κ1) is 8.68. The van der Waals surface area contributed by atoms with E-state index in [0.717, 1.165) is 0 Å². The molecule has 0 bridgehead atoms. The summed E-state index contributed by atoms with van der Waals surface area (Å²) in [6.45, 7) is 1.70. The molecule has 132 valence electrons. The molecule has 26 heavy (non-hydrogen) atoms. The van der Waals surface area contributed by atoms with Crippen molar-refractivity contribution in [3.63, 3.8) is 0 Å². The highest BCUT2D eigenvalue weighted by Crippen LogP contribution is 2.34. The Morgan fingerprint density at radius 3 is 2.50 bits per heavy atom. The van der Waals surface area contributed by atoms with Gasteiger partial charge in [-0.3, -0.25) is 4.57 Å². The van der Waals surface area contributed by atoms with E-state index in [9.17, 15) is 0 Å². The first-order valence-electron chi connectivity index (χ1n) is 13.4. The molecule has 2 unspecified atom stereocenters. The van der Waals surface area contributed by atoms with Crippen molar-refractivity contribution in [1.82, 2.24) is 9.55 Å². The SMILES string of the molecule is [2H]C([2H])([2H])c1ccc(-c2nccn2-c2c(C([2H])(C)C([2H])([2H])[2H])cccc2C([2H])(C)C([2H])([2H])[2H])cc1[N+]#[C-]. The largest absolute Gasteiger partial charge is 0.299 e. The fourth-order valence-corrected chi connectivity index (χ4v) is 2.87. The Hall–Kier alpha value is -2.86. The first-order valence-corrected chi connectivity index (χ1v) is 7.95. The average Bonchev–Trinajstić information content (AvgIpc) is 3.25. The standard InChI is InChI=1S/C23H25N3/c1-15(2)19-8-7-9-20(16(3)4)22(19)26-13-12-25-23(26)18-11-10-17(5)21(14-18)24-6/h7-16H,1-5H3/i1D3,3D3,5D3,15D,16D. The molecule has 0 aliphatic heterocycles. The smallest absolute Gasteiger partial charge is 0.190 e. The second-order valence-electron chi connectivity index (χ2n) is 5.92. The molecule has 3 nitrogen and oxygen atoms in total. The van der Waals surface area contributed by atoms with Gasteiger partial charge in [0.15, 0.2) is 5.69 Å². The van der Waals surface area contributed by atoms with Gasteiger partial charge < -0.3 is 0 Å². The van der Waals surface area contributed by atoms with Gasteiger partial charge in [0.25, 0.3) is 0 Å². The van der Waals surface area contributed by atoms with E-state index in [1.807, 2.05) is 0 Å². The van der Waals surface area contributed by atoms with Crippen LogP contribution in [0.25, 0.3) is 21.9 Å². The molecule has 2 atom stereocenters. The van der Waals surface area contributed by atoms with E-state index >= 15 is 0 Å². The van der Waals surface area contributed by atoms with Gasteiger partial charge in [0.05, 0.1) is 12.3 Å². The van der Waals surface area contributed by atoms with Gasteiger partial charge in [-0.2, -0.15) is 0 Å². The summed E-state index contributed by atoms with van der Waals surface area (Å²) in [6.07, 6.45) is 2.82. The summed E-state index contributed by atoms with van der Waals surface area (Å²) in [6, 6.07) is 8.30. The molecule has 0 saturated carbocycles. The van der Waals surface area contributed by atoms with E-state index in [2.05, 4.69) is 9.83 Å². The van der Waals surface area contributed by atoms with Crippen LogP contribution in [0.15, 0.2) is 48.8 Å². The number of benzene rings is 2. The van der Waals surface area contributed by atoms with Crippen LogP contribution >= 0.6 is 0 Å². The summed E-state index contributed by atoms with van der Waals surface area (Å²) >= 11 is 0. The molecule has 0 fully saturated rings. The van der Waals surface area contributed by atoms with Crippen LogP contribution < -0.4 is 0 Å². The lowest BCUT2D eigenvalue weighted by molar-refractivity contribution is 0.807. The summed E-state index contributed by atoms with van der Waals surface area (Å²) < 4.78 is 89.7. The van der Waals surface area contributed by atoms with Gasteiger partial charge in [0.2, 0.25) is 0 Å². The summed E-state index contributed by atoms with van der Waals surface area (Å²) in [5.41, 5.74) is -0.0470. The van der Waals surface area contributed by atoms with Crippen molar-refractivity contribution in [3.05, 3.63) is 76.9 Å². The molecule has 0 aliphatic carbocycles. The highest BCUT2D eigenvalue weighted by Gasteiger charge is 2.18. The minimum Gasteiger partial charge on any atom is -0.299 e. The zero-order valence-electron chi connectivity index (χ0n) is 25.5. The van der Waals surface area contributed by atoms with Crippen LogP contribution in [0.4, 0.5) is 5.69 Å². The fraction of sp³-hybridized carbons (Fsp3) is 0.304. The number of aryl methyl sites for hydroxylation is 1. The van der Waals surface area contributed by atoms with E-state index in [-0.39, 0.29) is 33.9 Å². The van der Waals surface area contributed by atoms with Crippen LogP contribution in [0.2, 0.25) is 0 Å². The Morgan fingerprint density at radius 1 is 1.15 bits per heavy atom. The molecular weight excluding hydrogens is 318 g/mol. The Bertz CT molecular complexity index is 1310. The molecule has 2 aromatic carbocycles. The van der Waals surface area contributed by atoms with Gasteiger partial charge in [-0.05, 0) is 41.4 Å². The molecule has 0 saturated heterocycles. The van der Waals surface area contributed by atoms with Crippen LogP contribution in [0.5, 0.6) is 0 Å². The van der Waals surface area contributed by atoms with Crippen LogP contribution in [0.1, 0.15) is 71.1 Å². The third-order valence-electron chi connectivity index (χ3n) is 4.10. The number of para-hydroxylation sites is 1. The molecule has 0 N–H and O–H groups in total. The zero-order valence-corrected chi connectivity index (χ0v) is 14.5. The zero-order chi connectivity index (χ0) is 28.2. The van der Waals surface area contributed by atoms with Gasteiger partial charge in [0, 0.05) is 33.0 Å². The van der Waals surface area contributed by atoms with Crippen molar-refractivity contribution in [2.75, 3.05) is 0 Å². The Labute approximate surface area is 171 Å². The van der Waals surface area contributed by atoms with Gasteiger partial charge >= 0.3 is 0 Å². The molecule has 3 aromatic rings.